The van der Waals surface area contributed by atoms with Gasteiger partial charge < -0.3 is 5.32 Å². The highest BCUT2D eigenvalue weighted by atomic mass is 14.9. The van der Waals surface area contributed by atoms with Crippen LogP contribution in [0.2, 0.25) is 0 Å². The molecule has 0 rings (SSSR count). The second-order valence-corrected chi connectivity index (χ2v) is 3.74. The summed E-state index contributed by atoms with van der Waals surface area (Å²) in [6.45, 7) is 9.25. The molecule has 0 aliphatic heterocycles. The summed E-state index contributed by atoms with van der Waals surface area (Å²) in [7, 11) is 0. The van der Waals surface area contributed by atoms with Crippen molar-refractivity contribution in [3.8, 4) is 0 Å². The molecule has 0 spiro atoms. The average molecular weight is 183 g/mol. The fourth-order valence-corrected chi connectivity index (χ4v) is 1.54. The molecule has 13 heavy (non-hydrogen) atoms. The molecule has 1 nitrogen and oxygen atoms in total. The van der Waals surface area contributed by atoms with Gasteiger partial charge in [-0.15, -0.1) is 6.58 Å². The largest absolute Gasteiger partial charge is 0.315 e. The lowest BCUT2D eigenvalue weighted by Crippen LogP contribution is -2.25. The maximum Gasteiger partial charge on any atom is 0.00386 e. The second-order valence-electron chi connectivity index (χ2n) is 3.74. The second kappa shape index (κ2) is 9.79. The van der Waals surface area contributed by atoms with E-state index in [-0.39, 0.29) is 0 Å². The van der Waals surface area contributed by atoms with Crippen LogP contribution in [-0.4, -0.2) is 12.6 Å². The maximum absolute atomic E-state index is 3.72. The molecule has 1 unspecified atom stereocenters. The third kappa shape index (κ3) is 9.62. The van der Waals surface area contributed by atoms with Crippen molar-refractivity contribution in [2.45, 2.75) is 58.4 Å². The van der Waals surface area contributed by atoms with Crippen LogP contribution in [0.15, 0.2) is 12.7 Å². The van der Waals surface area contributed by atoms with Gasteiger partial charge in [-0.1, -0.05) is 32.3 Å². The van der Waals surface area contributed by atoms with Crippen LogP contribution in [0.25, 0.3) is 0 Å². The minimum absolute atomic E-state index is 0.699. The molecule has 0 heterocycles. The van der Waals surface area contributed by atoms with Gasteiger partial charge in [0.1, 0.15) is 0 Å². The summed E-state index contributed by atoms with van der Waals surface area (Å²) < 4.78 is 0. The van der Waals surface area contributed by atoms with Gasteiger partial charge in [-0.2, -0.15) is 0 Å². The summed E-state index contributed by atoms with van der Waals surface area (Å²) in [5.41, 5.74) is 0. The lowest BCUT2D eigenvalue weighted by molar-refractivity contribution is 0.493. The van der Waals surface area contributed by atoms with Gasteiger partial charge in [-0.3, -0.25) is 0 Å². The number of nitrogens with one attached hydrogen (secondary N) is 1. The molecule has 0 aliphatic rings. The summed E-state index contributed by atoms with van der Waals surface area (Å²) in [6.07, 6.45) is 9.95. The molecule has 0 bridgehead atoms. The number of allylic oxidation sites excluding steroid dienone is 1. The van der Waals surface area contributed by atoms with Crippen molar-refractivity contribution < 1.29 is 0 Å². The number of rotatable bonds is 9. The molecule has 1 atom stereocenters. The Morgan fingerprint density at radius 1 is 1.23 bits per heavy atom. The predicted octanol–water partition coefficient (Wildman–Crippen LogP) is 3.51. The summed E-state index contributed by atoms with van der Waals surface area (Å²) in [5, 5.41) is 3.43. The Balaban J connectivity index is 3.01. The van der Waals surface area contributed by atoms with Crippen molar-refractivity contribution in [1.82, 2.24) is 5.32 Å². The molecule has 1 N–H and O–H groups in total. The average Bonchev–Trinajstić information content (AvgIpc) is 2.11. The molecule has 0 aromatic rings. The van der Waals surface area contributed by atoms with E-state index in [2.05, 4.69) is 25.7 Å². The van der Waals surface area contributed by atoms with Gasteiger partial charge in [-0.25, -0.2) is 0 Å². The fourth-order valence-electron chi connectivity index (χ4n) is 1.54. The van der Waals surface area contributed by atoms with E-state index in [0.29, 0.717) is 6.04 Å². The molecule has 78 valence electrons. The van der Waals surface area contributed by atoms with Crippen molar-refractivity contribution in [1.29, 1.82) is 0 Å². The van der Waals surface area contributed by atoms with Gasteiger partial charge in [0, 0.05) is 6.04 Å². The van der Waals surface area contributed by atoms with Crippen LogP contribution in [0.5, 0.6) is 0 Å². The lowest BCUT2D eigenvalue weighted by atomic mass is 10.1. The molecular weight excluding hydrogens is 158 g/mol. The van der Waals surface area contributed by atoms with Crippen LogP contribution in [0.4, 0.5) is 0 Å². The lowest BCUT2D eigenvalue weighted by Gasteiger charge is -2.11. The first-order chi connectivity index (χ1) is 6.31. The van der Waals surface area contributed by atoms with Crippen molar-refractivity contribution in [2.75, 3.05) is 6.54 Å². The van der Waals surface area contributed by atoms with E-state index in [1.165, 1.54) is 38.5 Å². The molecule has 0 fully saturated rings. The Hall–Kier alpha value is -0.300. The monoisotopic (exact) mass is 183 g/mol. The quantitative estimate of drug-likeness (QED) is 0.426. The number of unbranched alkanes of at least 4 members (excludes halogenated alkanes) is 4. The maximum atomic E-state index is 3.72. The van der Waals surface area contributed by atoms with Crippen molar-refractivity contribution in [3.05, 3.63) is 12.7 Å². The fraction of sp³-hybridized carbons (Fsp3) is 0.833. The highest BCUT2D eigenvalue weighted by Gasteiger charge is 1.98. The molecule has 1 heteroatoms. The van der Waals surface area contributed by atoms with E-state index in [1.807, 2.05) is 6.08 Å². The van der Waals surface area contributed by atoms with E-state index in [9.17, 15) is 0 Å². The smallest absolute Gasteiger partial charge is 0.00386 e. The van der Waals surface area contributed by atoms with Crippen LogP contribution >= 0.6 is 0 Å². The van der Waals surface area contributed by atoms with Gasteiger partial charge in [0.2, 0.25) is 0 Å². The van der Waals surface area contributed by atoms with Crippen LogP contribution in [0, 0.1) is 0 Å². The summed E-state index contributed by atoms with van der Waals surface area (Å²) in [6, 6.07) is 0.699. The molecule has 0 amide bonds. The number of hydrogen-bond acceptors (Lipinski definition) is 1. The molecule has 0 aromatic carbocycles. The van der Waals surface area contributed by atoms with Gasteiger partial charge in [0.25, 0.3) is 0 Å². The Morgan fingerprint density at radius 2 is 1.92 bits per heavy atom. The Labute approximate surface area is 83.6 Å². The third-order valence-corrected chi connectivity index (χ3v) is 2.35. The van der Waals surface area contributed by atoms with E-state index < -0.39 is 0 Å². The van der Waals surface area contributed by atoms with Crippen molar-refractivity contribution >= 4 is 0 Å². The Bertz CT molecular complexity index is 110. The highest BCUT2D eigenvalue weighted by Crippen LogP contribution is 2.07. The zero-order chi connectivity index (χ0) is 9.94. The zero-order valence-corrected chi connectivity index (χ0v) is 9.31. The normalized spacial score (nSPS) is 12.8. The van der Waals surface area contributed by atoms with Crippen molar-refractivity contribution in [3.63, 3.8) is 0 Å². The topological polar surface area (TPSA) is 12.0 Å². The van der Waals surface area contributed by atoms with Gasteiger partial charge >= 0.3 is 0 Å². The predicted molar refractivity (Wildman–Crippen MR) is 61.0 cm³/mol. The van der Waals surface area contributed by atoms with Gasteiger partial charge in [0.05, 0.1) is 0 Å². The molecule has 0 aliphatic carbocycles. The van der Waals surface area contributed by atoms with Crippen LogP contribution in [0.1, 0.15) is 52.4 Å². The SMILES string of the molecule is C=CCCCCCCC(C)NCC. The first kappa shape index (κ1) is 12.7. The van der Waals surface area contributed by atoms with Crippen LogP contribution in [-0.2, 0) is 0 Å². The summed E-state index contributed by atoms with van der Waals surface area (Å²) in [5.74, 6) is 0. The zero-order valence-electron chi connectivity index (χ0n) is 9.31. The van der Waals surface area contributed by atoms with Crippen LogP contribution < -0.4 is 5.32 Å². The first-order valence-corrected chi connectivity index (χ1v) is 5.65. The minimum atomic E-state index is 0.699. The molecule has 0 aromatic heterocycles. The van der Waals surface area contributed by atoms with E-state index >= 15 is 0 Å². The van der Waals surface area contributed by atoms with Crippen LogP contribution in [0.3, 0.4) is 0 Å². The summed E-state index contributed by atoms with van der Waals surface area (Å²) >= 11 is 0. The third-order valence-electron chi connectivity index (χ3n) is 2.35. The Kier molecular flexibility index (Phi) is 9.56. The Morgan fingerprint density at radius 3 is 2.54 bits per heavy atom. The first-order valence-electron chi connectivity index (χ1n) is 5.65. The number of hydrogen-bond donors (Lipinski definition) is 1. The molecule has 0 saturated heterocycles. The van der Waals surface area contributed by atoms with Crippen molar-refractivity contribution in [2.24, 2.45) is 0 Å². The van der Waals surface area contributed by atoms with E-state index in [4.69, 9.17) is 0 Å². The molecule has 0 radical (unpaired) electrons. The molecule has 0 saturated carbocycles. The van der Waals surface area contributed by atoms with E-state index in [0.717, 1.165) is 6.54 Å². The minimum Gasteiger partial charge on any atom is -0.315 e. The van der Waals surface area contributed by atoms with Gasteiger partial charge in [0.15, 0.2) is 0 Å². The summed E-state index contributed by atoms with van der Waals surface area (Å²) in [4.78, 5) is 0. The molecular formula is C12H25N. The standard InChI is InChI=1S/C12H25N/c1-4-6-7-8-9-10-11-12(3)13-5-2/h4,12-13H,1,5-11H2,2-3H3. The van der Waals surface area contributed by atoms with Gasteiger partial charge in [-0.05, 0) is 32.7 Å². The van der Waals surface area contributed by atoms with E-state index in [1.54, 1.807) is 0 Å². The highest BCUT2D eigenvalue weighted by molar-refractivity contribution is 4.65.